The second-order valence-electron chi connectivity index (χ2n) is 2.87. The summed E-state index contributed by atoms with van der Waals surface area (Å²) in [5.74, 6) is -1.70. The molecule has 14 heavy (non-hydrogen) atoms. The van der Waals surface area contributed by atoms with E-state index in [0.717, 1.165) is 0 Å². The summed E-state index contributed by atoms with van der Waals surface area (Å²) in [5.41, 5.74) is 6.35. The minimum atomic E-state index is -0.970. The molecule has 1 aromatic heterocycles. The van der Waals surface area contributed by atoms with Crippen LogP contribution in [0.2, 0.25) is 0 Å². The number of carboxylic acids is 1. The van der Waals surface area contributed by atoms with Gasteiger partial charge in [0.1, 0.15) is 0 Å². The maximum atomic E-state index is 10.8. The van der Waals surface area contributed by atoms with Gasteiger partial charge in [-0.15, -0.1) is 0 Å². The summed E-state index contributed by atoms with van der Waals surface area (Å²) in [6.07, 6.45) is 1.46. The smallest absolute Gasteiger partial charge is 0.312 e. The number of rotatable bonds is 4. The van der Waals surface area contributed by atoms with E-state index in [-0.39, 0.29) is 13.2 Å². The van der Waals surface area contributed by atoms with E-state index in [4.69, 9.17) is 15.9 Å². The number of aliphatic hydroxyl groups is 1. The van der Waals surface area contributed by atoms with Crippen LogP contribution in [0.3, 0.4) is 0 Å². The lowest BCUT2D eigenvalue weighted by molar-refractivity contribution is -0.138. The molecule has 0 amide bonds. The number of carboxylic acid groups (broad SMARTS) is 1. The first kappa shape index (κ1) is 10.6. The molecule has 0 radical (unpaired) electrons. The lowest BCUT2D eigenvalue weighted by atomic mass is 10.00. The quantitative estimate of drug-likeness (QED) is 0.614. The molecule has 5 heteroatoms. The zero-order valence-electron chi connectivity index (χ0n) is 7.55. The van der Waals surface area contributed by atoms with Gasteiger partial charge in [0.05, 0.1) is 18.2 Å². The van der Waals surface area contributed by atoms with Crippen LogP contribution < -0.4 is 5.73 Å². The highest BCUT2D eigenvalue weighted by atomic mass is 16.4. The normalized spacial score (nSPS) is 12.4. The van der Waals surface area contributed by atoms with Crippen LogP contribution in [0.5, 0.6) is 0 Å². The zero-order chi connectivity index (χ0) is 10.6. The van der Waals surface area contributed by atoms with Crippen LogP contribution in [-0.2, 0) is 11.4 Å². The number of aromatic nitrogens is 1. The average molecular weight is 196 g/mol. The molecule has 1 unspecified atom stereocenters. The molecule has 0 aliphatic rings. The molecule has 1 heterocycles. The Balaban J connectivity index is 2.98. The summed E-state index contributed by atoms with van der Waals surface area (Å²) >= 11 is 0. The molecule has 1 rings (SSSR count). The molecule has 0 aliphatic carbocycles. The third kappa shape index (κ3) is 2.27. The highest BCUT2D eigenvalue weighted by Gasteiger charge is 2.17. The zero-order valence-corrected chi connectivity index (χ0v) is 7.55. The predicted octanol–water partition coefficient (Wildman–Crippen LogP) is -0.299. The number of hydrogen-bond acceptors (Lipinski definition) is 4. The number of hydrogen-bond donors (Lipinski definition) is 3. The van der Waals surface area contributed by atoms with Crippen LogP contribution in [0.4, 0.5) is 0 Å². The van der Waals surface area contributed by atoms with E-state index in [9.17, 15) is 4.79 Å². The molecule has 0 saturated carbocycles. The maximum Gasteiger partial charge on any atom is 0.312 e. The van der Waals surface area contributed by atoms with Crippen LogP contribution >= 0.6 is 0 Å². The van der Waals surface area contributed by atoms with E-state index in [2.05, 4.69) is 4.98 Å². The first-order valence-corrected chi connectivity index (χ1v) is 4.17. The predicted molar refractivity (Wildman–Crippen MR) is 49.6 cm³/mol. The topological polar surface area (TPSA) is 96.4 Å². The van der Waals surface area contributed by atoms with Gasteiger partial charge in [0.15, 0.2) is 0 Å². The first-order valence-electron chi connectivity index (χ1n) is 4.17. The summed E-state index contributed by atoms with van der Waals surface area (Å²) in [4.78, 5) is 14.6. The number of nitrogens with two attached hydrogens (primary N) is 1. The van der Waals surface area contributed by atoms with Crippen LogP contribution in [0, 0.1) is 0 Å². The third-order valence-electron chi connectivity index (χ3n) is 1.94. The number of carbonyl (C=O) groups is 1. The van der Waals surface area contributed by atoms with Crippen molar-refractivity contribution in [2.75, 3.05) is 6.54 Å². The van der Waals surface area contributed by atoms with Crippen molar-refractivity contribution >= 4 is 5.97 Å². The van der Waals surface area contributed by atoms with Crippen molar-refractivity contribution in [1.82, 2.24) is 4.98 Å². The second-order valence-corrected chi connectivity index (χ2v) is 2.87. The van der Waals surface area contributed by atoms with Gasteiger partial charge in [-0.25, -0.2) is 0 Å². The molecule has 1 aromatic rings. The fourth-order valence-corrected chi connectivity index (χ4v) is 1.18. The maximum absolute atomic E-state index is 10.8. The minimum Gasteiger partial charge on any atom is -0.481 e. The van der Waals surface area contributed by atoms with Gasteiger partial charge in [0.25, 0.3) is 0 Å². The molecular formula is C9H12N2O3. The van der Waals surface area contributed by atoms with E-state index in [1.165, 1.54) is 6.20 Å². The van der Waals surface area contributed by atoms with Gasteiger partial charge >= 0.3 is 5.97 Å². The number of pyridine rings is 1. The average Bonchev–Trinajstić information content (AvgIpc) is 2.19. The van der Waals surface area contributed by atoms with Crippen molar-refractivity contribution in [3.63, 3.8) is 0 Å². The Hall–Kier alpha value is -1.46. The van der Waals surface area contributed by atoms with Gasteiger partial charge in [-0.1, -0.05) is 0 Å². The molecule has 76 valence electrons. The summed E-state index contributed by atoms with van der Waals surface area (Å²) < 4.78 is 0. The van der Waals surface area contributed by atoms with E-state index in [0.29, 0.717) is 11.3 Å². The Morgan fingerprint density at radius 2 is 2.36 bits per heavy atom. The number of nitrogens with zero attached hydrogens (tertiary/aromatic N) is 1. The summed E-state index contributed by atoms with van der Waals surface area (Å²) in [7, 11) is 0. The largest absolute Gasteiger partial charge is 0.481 e. The Labute approximate surface area is 81.2 Å². The van der Waals surface area contributed by atoms with Crippen molar-refractivity contribution in [2.24, 2.45) is 5.73 Å². The SMILES string of the molecule is NCC(C(=O)O)c1ccnc(CO)c1. The Morgan fingerprint density at radius 1 is 1.64 bits per heavy atom. The van der Waals surface area contributed by atoms with E-state index in [1.807, 2.05) is 0 Å². The molecule has 0 spiro atoms. The highest BCUT2D eigenvalue weighted by molar-refractivity contribution is 5.76. The Morgan fingerprint density at radius 3 is 2.86 bits per heavy atom. The number of aliphatic hydroxyl groups excluding tert-OH is 1. The highest BCUT2D eigenvalue weighted by Crippen LogP contribution is 2.14. The van der Waals surface area contributed by atoms with E-state index in [1.54, 1.807) is 12.1 Å². The van der Waals surface area contributed by atoms with Crippen molar-refractivity contribution in [2.45, 2.75) is 12.5 Å². The third-order valence-corrected chi connectivity index (χ3v) is 1.94. The monoisotopic (exact) mass is 196 g/mol. The van der Waals surface area contributed by atoms with Crippen LogP contribution in [-0.4, -0.2) is 27.7 Å². The molecule has 5 nitrogen and oxygen atoms in total. The fraction of sp³-hybridized carbons (Fsp3) is 0.333. The van der Waals surface area contributed by atoms with Crippen molar-refractivity contribution < 1.29 is 15.0 Å². The van der Waals surface area contributed by atoms with Gasteiger partial charge in [0, 0.05) is 12.7 Å². The molecule has 0 aromatic carbocycles. The van der Waals surface area contributed by atoms with Gasteiger partial charge in [-0.2, -0.15) is 0 Å². The van der Waals surface area contributed by atoms with Crippen LogP contribution in [0.25, 0.3) is 0 Å². The summed E-state index contributed by atoms with van der Waals surface area (Å²) in [6.45, 7) is -0.172. The lowest BCUT2D eigenvalue weighted by Gasteiger charge is -2.10. The molecule has 0 saturated heterocycles. The molecule has 0 aliphatic heterocycles. The Bertz CT molecular complexity index is 328. The molecule has 4 N–H and O–H groups in total. The molecule has 1 atom stereocenters. The molecule has 0 bridgehead atoms. The Kier molecular flexibility index (Phi) is 3.55. The minimum absolute atomic E-state index is 0.0320. The first-order chi connectivity index (χ1) is 6.69. The van der Waals surface area contributed by atoms with Gasteiger partial charge in [-0.05, 0) is 17.7 Å². The fourth-order valence-electron chi connectivity index (χ4n) is 1.18. The van der Waals surface area contributed by atoms with E-state index >= 15 is 0 Å². The van der Waals surface area contributed by atoms with Crippen LogP contribution in [0.1, 0.15) is 17.2 Å². The van der Waals surface area contributed by atoms with Crippen LogP contribution in [0.15, 0.2) is 18.3 Å². The second kappa shape index (κ2) is 4.69. The van der Waals surface area contributed by atoms with Gasteiger partial charge in [0.2, 0.25) is 0 Å². The van der Waals surface area contributed by atoms with Crippen molar-refractivity contribution in [3.8, 4) is 0 Å². The molecule has 0 fully saturated rings. The number of aliphatic carboxylic acids is 1. The summed E-state index contributed by atoms with van der Waals surface area (Å²) in [6, 6.07) is 3.14. The molecular weight excluding hydrogens is 184 g/mol. The summed E-state index contributed by atoms with van der Waals surface area (Å²) in [5, 5.41) is 17.6. The van der Waals surface area contributed by atoms with Crippen molar-refractivity contribution in [1.29, 1.82) is 0 Å². The lowest BCUT2D eigenvalue weighted by Crippen LogP contribution is -2.21. The van der Waals surface area contributed by atoms with Gasteiger partial charge < -0.3 is 15.9 Å². The van der Waals surface area contributed by atoms with Gasteiger partial charge in [-0.3, -0.25) is 9.78 Å². The van der Waals surface area contributed by atoms with Crippen molar-refractivity contribution in [3.05, 3.63) is 29.6 Å². The van der Waals surface area contributed by atoms with E-state index < -0.39 is 11.9 Å². The standard InChI is InChI=1S/C9H12N2O3/c10-4-8(9(13)14)6-1-2-11-7(3-6)5-12/h1-3,8,12H,4-5,10H2,(H,13,14).